The maximum absolute atomic E-state index is 12.6. The number of carbonyl (C=O) groups is 1. The Balaban J connectivity index is 2.05. The zero-order valence-electron chi connectivity index (χ0n) is 14.2. The summed E-state index contributed by atoms with van der Waals surface area (Å²) in [5.74, 6) is -1.37. The Morgan fingerprint density at radius 3 is 2.50 bits per heavy atom. The molecule has 0 N–H and O–H groups in total. The molecule has 1 unspecified atom stereocenters. The highest BCUT2D eigenvalue weighted by Gasteiger charge is 2.62. The Morgan fingerprint density at radius 1 is 1.46 bits per heavy atom. The average molecular weight is 363 g/mol. The minimum Gasteiger partial charge on any atom is -0.458 e. The van der Waals surface area contributed by atoms with Crippen molar-refractivity contribution in [2.75, 3.05) is 0 Å². The second-order valence-electron chi connectivity index (χ2n) is 7.40. The standard InChI is InChI=1S/C18H22ClF3O2/c1-9(2)12-7-11(6-10(12)3)24-16(23)15-13(17(15,4)5)8-14(19)18(20,21)22/h7-9,11,13,15H,3,6H2,1-2,4-5H3/b14-8-/t11?,13-,15-/m1/s1. The molecule has 0 spiro atoms. The third kappa shape index (κ3) is 3.71. The van der Waals surface area contributed by atoms with Crippen molar-refractivity contribution in [3.05, 3.63) is 34.9 Å². The fourth-order valence-electron chi connectivity index (χ4n) is 3.33. The lowest BCUT2D eigenvalue weighted by Crippen LogP contribution is -2.17. The molecule has 0 radical (unpaired) electrons. The summed E-state index contributed by atoms with van der Waals surface area (Å²) in [4.78, 5) is 12.4. The molecular formula is C18H22ClF3O2. The van der Waals surface area contributed by atoms with Crippen LogP contribution in [-0.4, -0.2) is 18.2 Å². The van der Waals surface area contributed by atoms with Gasteiger partial charge in [-0.15, -0.1) is 0 Å². The van der Waals surface area contributed by atoms with Crippen LogP contribution in [0.5, 0.6) is 0 Å². The molecule has 0 aliphatic heterocycles. The molecule has 1 saturated carbocycles. The monoisotopic (exact) mass is 362 g/mol. The minimum absolute atomic E-state index is 0.292. The highest BCUT2D eigenvalue weighted by atomic mass is 35.5. The van der Waals surface area contributed by atoms with Gasteiger partial charge in [-0.05, 0) is 34.5 Å². The Morgan fingerprint density at radius 2 is 2.04 bits per heavy atom. The summed E-state index contributed by atoms with van der Waals surface area (Å²) in [6.45, 7) is 11.5. The van der Waals surface area contributed by atoms with E-state index in [1.165, 1.54) is 0 Å². The lowest BCUT2D eigenvalue weighted by atomic mass is 10.00. The van der Waals surface area contributed by atoms with Gasteiger partial charge in [-0.2, -0.15) is 13.2 Å². The normalized spacial score (nSPS) is 29.7. The van der Waals surface area contributed by atoms with Crippen molar-refractivity contribution in [2.24, 2.45) is 23.2 Å². The van der Waals surface area contributed by atoms with E-state index < -0.39 is 34.4 Å². The number of hydrogen-bond acceptors (Lipinski definition) is 2. The number of allylic oxidation sites excluding steroid dienone is 3. The minimum atomic E-state index is -4.59. The quantitative estimate of drug-likeness (QED) is 0.626. The number of hydrogen-bond donors (Lipinski definition) is 0. The van der Waals surface area contributed by atoms with Crippen molar-refractivity contribution >= 4 is 17.6 Å². The van der Waals surface area contributed by atoms with E-state index in [0.717, 1.165) is 17.2 Å². The number of halogens is 4. The molecule has 0 aromatic carbocycles. The molecule has 3 atom stereocenters. The smallest absolute Gasteiger partial charge is 0.426 e. The van der Waals surface area contributed by atoms with E-state index in [2.05, 4.69) is 6.58 Å². The molecule has 0 amide bonds. The Labute approximate surface area is 145 Å². The summed E-state index contributed by atoms with van der Waals surface area (Å²) < 4.78 is 43.2. The molecule has 0 saturated heterocycles. The zero-order valence-corrected chi connectivity index (χ0v) is 15.0. The molecule has 2 aliphatic carbocycles. The Bertz CT molecular complexity index is 614. The summed E-state index contributed by atoms with van der Waals surface area (Å²) in [7, 11) is 0. The van der Waals surface area contributed by atoms with Gasteiger partial charge < -0.3 is 4.74 Å². The largest absolute Gasteiger partial charge is 0.458 e. The van der Waals surface area contributed by atoms with Crippen LogP contribution in [0.15, 0.2) is 34.9 Å². The van der Waals surface area contributed by atoms with Crippen LogP contribution >= 0.6 is 11.6 Å². The number of carbonyl (C=O) groups excluding carboxylic acids is 1. The van der Waals surface area contributed by atoms with Crippen molar-refractivity contribution in [3.8, 4) is 0 Å². The Hall–Kier alpha value is -1.23. The van der Waals surface area contributed by atoms with E-state index in [1.807, 2.05) is 19.9 Å². The van der Waals surface area contributed by atoms with Crippen LogP contribution < -0.4 is 0 Å². The molecule has 0 bridgehead atoms. The number of alkyl halides is 3. The second kappa shape index (κ2) is 6.25. The number of ether oxygens (including phenoxy) is 1. The SMILES string of the molecule is C=C1CC(OC(=O)[C@H]2[C@@H](/C=C(\Cl)C(F)(F)F)C2(C)C)C=C1C(C)C. The molecule has 0 aromatic heterocycles. The van der Waals surface area contributed by atoms with Crippen molar-refractivity contribution < 1.29 is 22.7 Å². The predicted octanol–water partition coefficient (Wildman–Crippen LogP) is 5.40. The first-order valence-corrected chi connectivity index (χ1v) is 8.28. The van der Waals surface area contributed by atoms with Crippen LogP contribution in [-0.2, 0) is 9.53 Å². The summed E-state index contributed by atoms with van der Waals surface area (Å²) in [5, 5.41) is -1.19. The molecule has 2 rings (SSSR count). The van der Waals surface area contributed by atoms with Crippen molar-refractivity contribution in [2.45, 2.75) is 46.4 Å². The third-order valence-corrected chi connectivity index (χ3v) is 5.21. The molecule has 6 heteroatoms. The molecule has 2 nitrogen and oxygen atoms in total. The van der Waals surface area contributed by atoms with E-state index in [0.29, 0.717) is 12.3 Å². The number of rotatable bonds is 4. The van der Waals surface area contributed by atoms with Gasteiger partial charge >= 0.3 is 12.1 Å². The maximum atomic E-state index is 12.6. The van der Waals surface area contributed by atoms with Crippen LogP contribution in [0.25, 0.3) is 0 Å². The molecule has 0 heterocycles. The van der Waals surface area contributed by atoms with Gasteiger partial charge in [-0.25, -0.2) is 0 Å². The van der Waals surface area contributed by atoms with Crippen LogP contribution in [0.3, 0.4) is 0 Å². The highest BCUT2D eigenvalue weighted by molar-refractivity contribution is 6.30. The van der Waals surface area contributed by atoms with Crippen LogP contribution in [0.1, 0.15) is 34.1 Å². The molecule has 134 valence electrons. The summed E-state index contributed by atoms with van der Waals surface area (Å²) in [6.07, 6.45) is -1.63. The van der Waals surface area contributed by atoms with E-state index in [4.69, 9.17) is 16.3 Å². The van der Waals surface area contributed by atoms with E-state index in [1.54, 1.807) is 13.8 Å². The van der Waals surface area contributed by atoms with Gasteiger partial charge in [0.1, 0.15) is 11.1 Å². The second-order valence-corrected chi connectivity index (χ2v) is 7.80. The lowest BCUT2D eigenvalue weighted by molar-refractivity contribution is -0.149. The fraction of sp³-hybridized carbons (Fsp3) is 0.611. The van der Waals surface area contributed by atoms with Gasteiger partial charge in [0.2, 0.25) is 0 Å². The zero-order chi connectivity index (χ0) is 18.4. The topological polar surface area (TPSA) is 26.3 Å². The van der Waals surface area contributed by atoms with Crippen molar-refractivity contribution in [1.29, 1.82) is 0 Å². The summed E-state index contributed by atoms with van der Waals surface area (Å²) in [5.41, 5.74) is 1.41. The van der Waals surface area contributed by atoms with Crippen molar-refractivity contribution in [1.82, 2.24) is 0 Å². The first-order chi connectivity index (χ1) is 10.9. The van der Waals surface area contributed by atoms with Crippen LogP contribution in [0.4, 0.5) is 13.2 Å². The highest BCUT2D eigenvalue weighted by Crippen LogP contribution is 2.60. The van der Waals surface area contributed by atoms with Crippen molar-refractivity contribution in [3.63, 3.8) is 0 Å². The molecule has 0 aromatic rings. The number of esters is 1. The molecule has 2 aliphatic rings. The van der Waals surface area contributed by atoms with E-state index in [9.17, 15) is 18.0 Å². The van der Waals surface area contributed by atoms with Crippen LogP contribution in [0.2, 0.25) is 0 Å². The molecular weight excluding hydrogens is 341 g/mol. The molecule has 24 heavy (non-hydrogen) atoms. The maximum Gasteiger partial charge on any atom is 0.426 e. The van der Waals surface area contributed by atoms with Crippen LogP contribution in [0, 0.1) is 23.2 Å². The van der Waals surface area contributed by atoms with E-state index >= 15 is 0 Å². The average Bonchev–Trinajstić information content (AvgIpc) is 2.74. The van der Waals surface area contributed by atoms with Gasteiger partial charge in [-0.3, -0.25) is 4.79 Å². The predicted molar refractivity (Wildman–Crippen MR) is 87.3 cm³/mol. The molecule has 1 fully saturated rings. The van der Waals surface area contributed by atoms with Gasteiger partial charge in [0.25, 0.3) is 0 Å². The Kier molecular flexibility index (Phi) is 4.97. The first kappa shape index (κ1) is 19.1. The van der Waals surface area contributed by atoms with Gasteiger partial charge in [0.05, 0.1) is 5.92 Å². The summed E-state index contributed by atoms with van der Waals surface area (Å²) in [6, 6.07) is 0. The first-order valence-electron chi connectivity index (χ1n) is 7.90. The van der Waals surface area contributed by atoms with E-state index in [-0.39, 0.29) is 6.10 Å². The fourth-order valence-corrected chi connectivity index (χ4v) is 3.46. The van der Waals surface area contributed by atoms with Gasteiger partial charge in [-0.1, -0.05) is 52.0 Å². The lowest BCUT2D eigenvalue weighted by Gasteiger charge is -2.10. The summed E-state index contributed by atoms with van der Waals surface area (Å²) >= 11 is 5.30. The van der Waals surface area contributed by atoms with Gasteiger partial charge in [0.15, 0.2) is 0 Å². The van der Waals surface area contributed by atoms with Gasteiger partial charge in [0, 0.05) is 6.42 Å². The third-order valence-electron chi connectivity index (χ3n) is 4.87.